The molecule has 1 atom stereocenters. The molecule has 0 aliphatic heterocycles. The summed E-state index contributed by atoms with van der Waals surface area (Å²) in [5.41, 5.74) is 8.09. The Morgan fingerprint density at radius 2 is 1.56 bits per heavy atom. The molecule has 0 radical (unpaired) electrons. The first-order valence-electron chi connectivity index (χ1n) is 5.64. The smallest absolute Gasteiger partial charge is 0.127 e. The Balaban J connectivity index is 2.49. The van der Waals surface area contributed by atoms with Crippen LogP contribution in [0.1, 0.15) is 17.2 Å². The van der Waals surface area contributed by atoms with Gasteiger partial charge in [0, 0.05) is 12.4 Å². The van der Waals surface area contributed by atoms with Gasteiger partial charge in [-0.25, -0.2) is 0 Å². The van der Waals surface area contributed by atoms with Crippen LogP contribution in [0.25, 0.3) is 0 Å². The molecule has 4 heteroatoms. The minimum Gasteiger partial charge on any atom is -0.496 e. The van der Waals surface area contributed by atoms with Gasteiger partial charge in [-0.2, -0.15) is 0 Å². The van der Waals surface area contributed by atoms with Crippen molar-refractivity contribution in [2.45, 2.75) is 6.04 Å². The van der Waals surface area contributed by atoms with Crippen molar-refractivity contribution in [1.29, 1.82) is 0 Å². The third-order valence-corrected chi connectivity index (χ3v) is 2.84. The second-order valence-corrected chi connectivity index (χ2v) is 3.83. The lowest BCUT2D eigenvalue weighted by Crippen LogP contribution is -2.14. The van der Waals surface area contributed by atoms with Crippen LogP contribution in [0.15, 0.2) is 42.7 Å². The predicted molar refractivity (Wildman–Crippen MR) is 69.8 cm³/mol. The summed E-state index contributed by atoms with van der Waals surface area (Å²) < 4.78 is 10.7. The van der Waals surface area contributed by atoms with Gasteiger partial charge >= 0.3 is 0 Å². The Labute approximate surface area is 106 Å². The van der Waals surface area contributed by atoms with E-state index in [1.165, 1.54) is 0 Å². The molecule has 2 rings (SSSR count). The highest BCUT2D eigenvalue weighted by Gasteiger charge is 2.18. The molecule has 4 nitrogen and oxygen atoms in total. The van der Waals surface area contributed by atoms with Crippen molar-refractivity contribution >= 4 is 0 Å². The summed E-state index contributed by atoms with van der Waals surface area (Å²) in [6, 6.07) is 9.09. The van der Waals surface area contributed by atoms with Crippen molar-refractivity contribution in [3.05, 3.63) is 53.9 Å². The lowest BCUT2D eigenvalue weighted by Gasteiger charge is -2.19. The van der Waals surface area contributed by atoms with E-state index in [1.807, 2.05) is 30.3 Å². The molecule has 18 heavy (non-hydrogen) atoms. The van der Waals surface area contributed by atoms with Crippen molar-refractivity contribution in [3.8, 4) is 11.5 Å². The fourth-order valence-corrected chi connectivity index (χ4v) is 1.92. The van der Waals surface area contributed by atoms with Crippen molar-refractivity contribution < 1.29 is 9.47 Å². The molecule has 0 amide bonds. The Bertz CT molecular complexity index is 492. The molecular formula is C14H16N2O2. The zero-order valence-corrected chi connectivity index (χ0v) is 10.5. The number of hydrogen-bond donors (Lipinski definition) is 1. The fourth-order valence-electron chi connectivity index (χ4n) is 1.92. The summed E-state index contributed by atoms with van der Waals surface area (Å²) in [5, 5.41) is 0. The number of hydrogen-bond acceptors (Lipinski definition) is 4. The van der Waals surface area contributed by atoms with Crippen LogP contribution in [0.4, 0.5) is 0 Å². The number of rotatable bonds is 4. The number of aromatic nitrogens is 1. The van der Waals surface area contributed by atoms with Gasteiger partial charge < -0.3 is 15.2 Å². The second kappa shape index (κ2) is 5.51. The zero-order chi connectivity index (χ0) is 13.0. The van der Waals surface area contributed by atoms with Crippen LogP contribution in [0, 0.1) is 0 Å². The highest BCUT2D eigenvalue weighted by Crippen LogP contribution is 2.35. The van der Waals surface area contributed by atoms with E-state index >= 15 is 0 Å². The average Bonchev–Trinajstić information content (AvgIpc) is 2.46. The summed E-state index contributed by atoms with van der Waals surface area (Å²) in [5.74, 6) is 1.44. The third kappa shape index (κ3) is 2.28. The SMILES string of the molecule is COc1cccc(OC)c1C(N)c1ccncc1. The zero-order valence-electron chi connectivity index (χ0n) is 10.5. The van der Waals surface area contributed by atoms with Gasteiger partial charge in [0.2, 0.25) is 0 Å². The number of nitrogens with zero attached hydrogens (tertiary/aromatic N) is 1. The van der Waals surface area contributed by atoms with Gasteiger partial charge in [0.25, 0.3) is 0 Å². The van der Waals surface area contributed by atoms with Crippen LogP contribution in [0.3, 0.4) is 0 Å². The highest BCUT2D eigenvalue weighted by molar-refractivity contribution is 5.50. The quantitative estimate of drug-likeness (QED) is 0.895. The van der Waals surface area contributed by atoms with E-state index in [2.05, 4.69) is 4.98 Å². The Morgan fingerprint density at radius 3 is 2.06 bits per heavy atom. The number of pyridine rings is 1. The van der Waals surface area contributed by atoms with Gasteiger partial charge in [-0.3, -0.25) is 4.98 Å². The van der Waals surface area contributed by atoms with Gasteiger partial charge in [-0.15, -0.1) is 0 Å². The predicted octanol–water partition coefficient (Wildman–Crippen LogP) is 2.15. The lowest BCUT2D eigenvalue weighted by atomic mass is 9.98. The van der Waals surface area contributed by atoms with E-state index in [4.69, 9.17) is 15.2 Å². The standard InChI is InChI=1S/C14H16N2O2/c1-17-11-4-3-5-12(18-2)13(11)14(15)10-6-8-16-9-7-10/h3-9,14H,15H2,1-2H3. The molecular weight excluding hydrogens is 228 g/mol. The van der Waals surface area contributed by atoms with Gasteiger partial charge in [-0.05, 0) is 29.8 Å². The minimum absolute atomic E-state index is 0.306. The second-order valence-electron chi connectivity index (χ2n) is 3.83. The summed E-state index contributed by atoms with van der Waals surface area (Å²) in [4.78, 5) is 3.99. The molecule has 1 heterocycles. The topological polar surface area (TPSA) is 57.4 Å². The minimum atomic E-state index is -0.306. The first-order valence-corrected chi connectivity index (χ1v) is 5.64. The summed E-state index contributed by atoms with van der Waals surface area (Å²) >= 11 is 0. The molecule has 0 spiro atoms. The van der Waals surface area contributed by atoms with Crippen molar-refractivity contribution in [1.82, 2.24) is 4.98 Å². The van der Waals surface area contributed by atoms with Gasteiger partial charge in [-0.1, -0.05) is 6.07 Å². The molecule has 94 valence electrons. The molecule has 0 aliphatic rings. The van der Waals surface area contributed by atoms with Crippen LogP contribution in [-0.4, -0.2) is 19.2 Å². The van der Waals surface area contributed by atoms with E-state index in [0.717, 1.165) is 22.6 Å². The molecule has 0 bridgehead atoms. The number of benzene rings is 1. The van der Waals surface area contributed by atoms with Gasteiger partial charge in [0.15, 0.2) is 0 Å². The van der Waals surface area contributed by atoms with Crippen LogP contribution in [0.5, 0.6) is 11.5 Å². The molecule has 1 aromatic heterocycles. The number of nitrogens with two attached hydrogens (primary N) is 1. The summed E-state index contributed by atoms with van der Waals surface area (Å²) in [6.07, 6.45) is 3.44. The van der Waals surface area contributed by atoms with Crippen LogP contribution in [0.2, 0.25) is 0 Å². The Kier molecular flexibility index (Phi) is 3.79. The van der Waals surface area contributed by atoms with E-state index in [0.29, 0.717) is 0 Å². The highest BCUT2D eigenvalue weighted by atomic mass is 16.5. The third-order valence-electron chi connectivity index (χ3n) is 2.84. The van der Waals surface area contributed by atoms with Gasteiger partial charge in [0.1, 0.15) is 11.5 Å². The average molecular weight is 244 g/mol. The Hall–Kier alpha value is -2.07. The maximum atomic E-state index is 6.28. The van der Waals surface area contributed by atoms with Crippen molar-refractivity contribution in [2.75, 3.05) is 14.2 Å². The maximum Gasteiger partial charge on any atom is 0.127 e. The van der Waals surface area contributed by atoms with E-state index in [1.54, 1.807) is 26.6 Å². The molecule has 0 fully saturated rings. The first-order chi connectivity index (χ1) is 8.77. The molecule has 1 aromatic carbocycles. The molecule has 0 saturated heterocycles. The molecule has 1 unspecified atom stereocenters. The number of methoxy groups -OCH3 is 2. The number of ether oxygens (including phenoxy) is 2. The molecule has 2 N–H and O–H groups in total. The summed E-state index contributed by atoms with van der Waals surface area (Å²) in [7, 11) is 3.25. The largest absolute Gasteiger partial charge is 0.496 e. The van der Waals surface area contributed by atoms with Crippen LogP contribution < -0.4 is 15.2 Å². The summed E-state index contributed by atoms with van der Waals surface area (Å²) in [6.45, 7) is 0. The molecule has 0 saturated carbocycles. The first kappa shape index (κ1) is 12.4. The fraction of sp³-hybridized carbons (Fsp3) is 0.214. The van der Waals surface area contributed by atoms with Crippen LogP contribution >= 0.6 is 0 Å². The van der Waals surface area contributed by atoms with Crippen molar-refractivity contribution in [2.24, 2.45) is 5.73 Å². The van der Waals surface area contributed by atoms with E-state index in [9.17, 15) is 0 Å². The Morgan fingerprint density at radius 1 is 1.00 bits per heavy atom. The molecule has 2 aromatic rings. The lowest BCUT2D eigenvalue weighted by molar-refractivity contribution is 0.382. The molecule has 0 aliphatic carbocycles. The van der Waals surface area contributed by atoms with Crippen molar-refractivity contribution in [3.63, 3.8) is 0 Å². The van der Waals surface area contributed by atoms with Crippen LogP contribution in [-0.2, 0) is 0 Å². The van der Waals surface area contributed by atoms with E-state index < -0.39 is 0 Å². The van der Waals surface area contributed by atoms with E-state index in [-0.39, 0.29) is 6.04 Å². The normalized spacial score (nSPS) is 11.9. The van der Waals surface area contributed by atoms with Gasteiger partial charge in [0.05, 0.1) is 25.8 Å². The monoisotopic (exact) mass is 244 g/mol. The maximum absolute atomic E-state index is 6.28.